The second-order valence-electron chi connectivity index (χ2n) is 4.36. The molecule has 104 valence electrons. The number of rotatable bonds is 4. The third-order valence-corrected chi connectivity index (χ3v) is 3.75. The van der Waals surface area contributed by atoms with Crippen molar-refractivity contribution in [1.82, 2.24) is 4.98 Å². The Kier molecular flexibility index (Phi) is 3.85. The van der Waals surface area contributed by atoms with Gasteiger partial charge in [-0.05, 0) is 31.2 Å². The Hall–Kier alpha value is -2.21. The number of carbonyl (C=O) groups excluding carboxylic acids is 1. The molecule has 0 amide bonds. The first-order chi connectivity index (χ1) is 9.40. The van der Waals surface area contributed by atoms with Crippen molar-refractivity contribution in [2.24, 2.45) is 0 Å². The van der Waals surface area contributed by atoms with Crippen LogP contribution in [0.15, 0.2) is 41.4 Å². The molecule has 0 unspecified atom stereocenters. The summed E-state index contributed by atoms with van der Waals surface area (Å²) in [5.41, 5.74) is 1.15. The first-order valence-electron chi connectivity index (χ1n) is 5.80. The number of hydrogen-bond acceptors (Lipinski definition) is 5. The molecule has 0 saturated carbocycles. The standard InChI is InChI=1S/C14H13NO4S/c1-10-6-11(9-16)8-15-14(10)19-12-4-3-5-13(7-12)20(2,17)18/h3-9H,1-2H3. The van der Waals surface area contributed by atoms with Gasteiger partial charge in [0.15, 0.2) is 16.1 Å². The van der Waals surface area contributed by atoms with Crippen LogP contribution in [0.25, 0.3) is 0 Å². The van der Waals surface area contributed by atoms with E-state index in [0.29, 0.717) is 29.0 Å². The van der Waals surface area contributed by atoms with E-state index >= 15 is 0 Å². The average molecular weight is 291 g/mol. The van der Waals surface area contributed by atoms with E-state index in [1.54, 1.807) is 25.1 Å². The van der Waals surface area contributed by atoms with Gasteiger partial charge >= 0.3 is 0 Å². The quantitative estimate of drug-likeness (QED) is 0.809. The van der Waals surface area contributed by atoms with Gasteiger partial charge in [0.25, 0.3) is 0 Å². The number of nitrogens with zero attached hydrogens (tertiary/aromatic N) is 1. The minimum atomic E-state index is -3.29. The molecule has 0 fully saturated rings. The van der Waals surface area contributed by atoms with Crippen LogP contribution in [-0.4, -0.2) is 25.9 Å². The van der Waals surface area contributed by atoms with Crippen molar-refractivity contribution in [1.29, 1.82) is 0 Å². The lowest BCUT2D eigenvalue weighted by Gasteiger charge is -2.08. The molecule has 0 N–H and O–H groups in total. The van der Waals surface area contributed by atoms with Crippen molar-refractivity contribution < 1.29 is 17.9 Å². The molecule has 0 aliphatic carbocycles. The predicted molar refractivity (Wildman–Crippen MR) is 74.0 cm³/mol. The van der Waals surface area contributed by atoms with Crippen LogP contribution in [0, 0.1) is 6.92 Å². The molecule has 1 heterocycles. The number of pyridine rings is 1. The van der Waals surface area contributed by atoms with E-state index in [1.165, 1.54) is 18.3 Å². The summed E-state index contributed by atoms with van der Waals surface area (Å²) in [5.74, 6) is 0.712. The fraction of sp³-hybridized carbons (Fsp3) is 0.143. The van der Waals surface area contributed by atoms with Crippen LogP contribution in [-0.2, 0) is 9.84 Å². The Bertz CT molecular complexity index is 754. The lowest BCUT2D eigenvalue weighted by molar-refractivity contribution is 0.112. The molecule has 1 aromatic heterocycles. The summed E-state index contributed by atoms with van der Waals surface area (Å²) in [5, 5.41) is 0. The molecule has 2 rings (SSSR count). The van der Waals surface area contributed by atoms with E-state index in [4.69, 9.17) is 4.74 Å². The highest BCUT2D eigenvalue weighted by molar-refractivity contribution is 7.90. The van der Waals surface area contributed by atoms with Crippen LogP contribution < -0.4 is 4.74 Å². The van der Waals surface area contributed by atoms with Gasteiger partial charge in [-0.25, -0.2) is 13.4 Å². The summed E-state index contributed by atoms with van der Waals surface area (Å²) >= 11 is 0. The summed E-state index contributed by atoms with van der Waals surface area (Å²) in [6, 6.07) is 7.82. The highest BCUT2D eigenvalue weighted by Gasteiger charge is 2.10. The van der Waals surface area contributed by atoms with Crippen molar-refractivity contribution in [2.75, 3.05) is 6.26 Å². The second kappa shape index (κ2) is 5.42. The van der Waals surface area contributed by atoms with Gasteiger partial charge in [0.2, 0.25) is 5.88 Å². The van der Waals surface area contributed by atoms with Crippen LogP contribution in [0.2, 0.25) is 0 Å². The topological polar surface area (TPSA) is 73.3 Å². The van der Waals surface area contributed by atoms with Gasteiger partial charge in [0, 0.05) is 23.6 Å². The average Bonchev–Trinajstić information content (AvgIpc) is 2.40. The number of aldehydes is 1. The summed E-state index contributed by atoms with van der Waals surface area (Å²) in [6.45, 7) is 1.76. The van der Waals surface area contributed by atoms with Gasteiger partial charge in [-0.15, -0.1) is 0 Å². The van der Waals surface area contributed by atoms with E-state index < -0.39 is 9.84 Å². The highest BCUT2D eigenvalue weighted by Crippen LogP contribution is 2.25. The smallest absolute Gasteiger partial charge is 0.222 e. The number of carbonyl (C=O) groups is 1. The maximum atomic E-state index is 11.5. The Balaban J connectivity index is 2.33. The molecule has 0 saturated heterocycles. The predicted octanol–water partition coefficient (Wildman–Crippen LogP) is 2.40. The van der Waals surface area contributed by atoms with Crippen molar-refractivity contribution in [3.05, 3.63) is 47.7 Å². The van der Waals surface area contributed by atoms with Crippen LogP contribution in [0.4, 0.5) is 0 Å². The normalized spacial score (nSPS) is 11.1. The van der Waals surface area contributed by atoms with Gasteiger partial charge in [0.05, 0.1) is 4.90 Å². The summed E-state index contributed by atoms with van der Waals surface area (Å²) < 4.78 is 28.5. The molecule has 6 heteroatoms. The zero-order valence-electron chi connectivity index (χ0n) is 11.0. The Morgan fingerprint density at radius 2 is 2.00 bits per heavy atom. The number of aryl methyl sites for hydroxylation is 1. The Morgan fingerprint density at radius 3 is 2.60 bits per heavy atom. The van der Waals surface area contributed by atoms with E-state index in [-0.39, 0.29) is 4.90 Å². The summed E-state index contributed by atoms with van der Waals surface area (Å²) in [4.78, 5) is 14.8. The highest BCUT2D eigenvalue weighted by atomic mass is 32.2. The first-order valence-corrected chi connectivity index (χ1v) is 7.69. The van der Waals surface area contributed by atoms with Gasteiger partial charge in [-0.3, -0.25) is 4.79 Å². The number of hydrogen-bond donors (Lipinski definition) is 0. The lowest BCUT2D eigenvalue weighted by Crippen LogP contribution is -1.98. The zero-order chi connectivity index (χ0) is 14.8. The molecular weight excluding hydrogens is 278 g/mol. The fourth-order valence-corrected chi connectivity index (χ4v) is 2.29. The van der Waals surface area contributed by atoms with Gasteiger partial charge < -0.3 is 4.74 Å². The van der Waals surface area contributed by atoms with E-state index in [0.717, 1.165) is 6.26 Å². The maximum absolute atomic E-state index is 11.5. The largest absolute Gasteiger partial charge is 0.439 e. The minimum absolute atomic E-state index is 0.178. The molecule has 5 nitrogen and oxygen atoms in total. The molecular formula is C14H13NO4S. The number of aromatic nitrogens is 1. The molecule has 2 aromatic rings. The summed E-state index contributed by atoms with van der Waals surface area (Å²) in [7, 11) is -3.29. The zero-order valence-corrected chi connectivity index (χ0v) is 11.8. The molecule has 0 radical (unpaired) electrons. The van der Waals surface area contributed by atoms with E-state index in [2.05, 4.69) is 4.98 Å². The molecule has 0 spiro atoms. The molecule has 0 aliphatic rings. The Labute approximate surface area is 117 Å². The van der Waals surface area contributed by atoms with Gasteiger partial charge in [-0.2, -0.15) is 0 Å². The van der Waals surface area contributed by atoms with Gasteiger partial charge in [0.1, 0.15) is 5.75 Å². The number of ether oxygens (including phenoxy) is 1. The first kappa shape index (κ1) is 14.2. The van der Waals surface area contributed by atoms with Crippen molar-refractivity contribution in [3.63, 3.8) is 0 Å². The third-order valence-electron chi connectivity index (χ3n) is 2.64. The van der Waals surface area contributed by atoms with E-state index in [9.17, 15) is 13.2 Å². The van der Waals surface area contributed by atoms with Crippen molar-refractivity contribution in [2.45, 2.75) is 11.8 Å². The van der Waals surface area contributed by atoms with Gasteiger partial charge in [-0.1, -0.05) is 6.07 Å². The van der Waals surface area contributed by atoms with Crippen LogP contribution in [0.3, 0.4) is 0 Å². The third kappa shape index (κ3) is 3.21. The van der Waals surface area contributed by atoms with Crippen LogP contribution in [0.5, 0.6) is 11.6 Å². The second-order valence-corrected chi connectivity index (χ2v) is 6.37. The molecule has 0 aliphatic heterocycles. The maximum Gasteiger partial charge on any atom is 0.222 e. The Morgan fingerprint density at radius 1 is 1.25 bits per heavy atom. The fourth-order valence-electron chi connectivity index (χ4n) is 1.64. The van der Waals surface area contributed by atoms with Crippen molar-refractivity contribution >= 4 is 16.1 Å². The molecule has 0 atom stereocenters. The molecule has 0 bridgehead atoms. The molecule has 1 aromatic carbocycles. The van der Waals surface area contributed by atoms with Crippen LogP contribution in [0.1, 0.15) is 15.9 Å². The monoisotopic (exact) mass is 291 g/mol. The lowest BCUT2D eigenvalue weighted by atomic mass is 10.2. The van der Waals surface area contributed by atoms with Crippen LogP contribution >= 0.6 is 0 Å². The van der Waals surface area contributed by atoms with E-state index in [1.807, 2.05) is 0 Å². The summed E-state index contributed by atoms with van der Waals surface area (Å²) in [6.07, 6.45) is 3.23. The number of benzene rings is 1. The van der Waals surface area contributed by atoms with Crippen molar-refractivity contribution in [3.8, 4) is 11.6 Å². The minimum Gasteiger partial charge on any atom is -0.439 e. The molecule has 20 heavy (non-hydrogen) atoms. The SMILES string of the molecule is Cc1cc(C=O)cnc1Oc1cccc(S(C)(=O)=O)c1. The number of sulfone groups is 1.